The third kappa shape index (κ3) is 8.42. The van der Waals surface area contributed by atoms with Crippen LogP contribution in [0.1, 0.15) is 59.9 Å². The van der Waals surface area contributed by atoms with E-state index in [0.717, 1.165) is 5.56 Å². The lowest BCUT2D eigenvalue weighted by Gasteiger charge is -2.47. The van der Waals surface area contributed by atoms with Gasteiger partial charge in [-0.3, -0.25) is 4.79 Å². The highest BCUT2D eigenvalue weighted by Crippen LogP contribution is 2.56. The third-order valence-corrected chi connectivity index (χ3v) is 24.2. The van der Waals surface area contributed by atoms with Crippen molar-refractivity contribution in [2.45, 2.75) is 102 Å². The van der Waals surface area contributed by atoms with E-state index in [2.05, 4.69) is 183 Å². The zero-order valence-corrected chi connectivity index (χ0v) is 41.7. The summed E-state index contributed by atoms with van der Waals surface area (Å²) in [7, 11) is -5.12. The van der Waals surface area contributed by atoms with Crippen molar-refractivity contribution in [2.24, 2.45) is 11.8 Å². The minimum absolute atomic E-state index is 0.0745. The number of hydrogen-bond donors (Lipinski definition) is 0. The lowest BCUT2D eigenvalue weighted by Crippen LogP contribution is -2.68. The molecule has 1 amide bonds. The number of rotatable bonds is 15. The standard InChI is InChI=1S/C52H67NO6Si3/c1-50(2,3)61(41-24-16-12-17-25-41,42-26-18-13-19-27-42)57-38-45-46-35-49(54)53(37-39-32-33-40(55-7)34-47(39)56-8)52(46,59-60(9,10)11)36-48(45)58-62(51(4,5)6,43-28-20-14-21-29-43)44-30-22-15-23-31-44/h12-34,45-46,48H,35-38H2,1-11H3. The van der Waals surface area contributed by atoms with E-state index >= 15 is 0 Å². The predicted octanol–water partition coefficient (Wildman–Crippen LogP) is 9.14. The summed E-state index contributed by atoms with van der Waals surface area (Å²) in [6.07, 6.45) is 0.540. The van der Waals surface area contributed by atoms with Gasteiger partial charge >= 0.3 is 0 Å². The zero-order valence-electron chi connectivity index (χ0n) is 38.7. The SMILES string of the molecule is COc1ccc(CN2C(=O)CC3C(CO[Si](c4ccccc4)(c4ccccc4)C(C)(C)C)C(O[Si](c4ccccc4)(c4ccccc4)C(C)(C)C)CC32O[Si](C)(C)C)c(OC)c1. The Morgan fingerprint density at radius 3 is 1.53 bits per heavy atom. The Hall–Kier alpha value is -4.30. The molecule has 7 rings (SSSR count). The second-order valence-corrected chi connectivity index (χ2v) is 33.2. The molecule has 2 fully saturated rings. The van der Waals surface area contributed by atoms with Crippen LogP contribution in [0.15, 0.2) is 140 Å². The molecule has 7 nitrogen and oxygen atoms in total. The summed E-state index contributed by atoms with van der Waals surface area (Å²) < 4.78 is 35.2. The normalized spacial score (nSPS) is 20.9. The molecule has 10 heteroatoms. The first kappa shape index (κ1) is 45.7. The summed E-state index contributed by atoms with van der Waals surface area (Å²) >= 11 is 0. The molecule has 1 aliphatic carbocycles. The molecular formula is C52H67NO6Si3. The van der Waals surface area contributed by atoms with E-state index in [1.807, 2.05) is 23.1 Å². The number of amides is 1. The fourth-order valence-corrected chi connectivity index (χ4v) is 21.4. The molecule has 2 aliphatic rings. The Bertz CT molecular complexity index is 2200. The third-order valence-electron chi connectivity index (χ3n) is 13.2. The van der Waals surface area contributed by atoms with Crippen LogP contribution >= 0.6 is 0 Å². The minimum atomic E-state index is -3.10. The molecule has 0 N–H and O–H groups in total. The van der Waals surface area contributed by atoms with Crippen molar-refractivity contribution in [3.8, 4) is 11.5 Å². The number of benzene rings is 5. The number of methoxy groups -OCH3 is 2. The van der Waals surface area contributed by atoms with E-state index in [0.29, 0.717) is 37.5 Å². The van der Waals surface area contributed by atoms with E-state index in [4.69, 9.17) is 22.8 Å². The summed E-state index contributed by atoms with van der Waals surface area (Å²) in [5.74, 6) is 1.07. The van der Waals surface area contributed by atoms with Crippen molar-refractivity contribution < 1.29 is 27.5 Å². The van der Waals surface area contributed by atoms with Gasteiger partial charge in [0.15, 0.2) is 8.32 Å². The molecule has 4 unspecified atom stereocenters. The molecule has 0 aromatic heterocycles. The molecule has 1 saturated heterocycles. The average molecular weight is 886 g/mol. The lowest BCUT2D eigenvalue weighted by atomic mass is 9.91. The molecule has 5 aromatic rings. The van der Waals surface area contributed by atoms with Gasteiger partial charge in [0, 0.05) is 42.9 Å². The Labute approximate surface area is 374 Å². The minimum Gasteiger partial charge on any atom is -0.497 e. The molecule has 1 heterocycles. The van der Waals surface area contributed by atoms with Crippen LogP contribution in [-0.4, -0.2) is 68.4 Å². The van der Waals surface area contributed by atoms with Gasteiger partial charge in [0.25, 0.3) is 16.6 Å². The smallest absolute Gasteiger partial charge is 0.261 e. The van der Waals surface area contributed by atoms with Gasteiger partial charge in [0.2, 0.25) is 5.91 Å². The largest absolute Gasteiger partial charge is 0.497 e. The molecule has 0 spiro atoms. The molecule has 5 aromatic carbocycles. The predicted molar refractivity (Wildman–Crippen MR) is 260 cm³/mol. The fourth-order valence-electron chi connectivity index (χ4n) is 10.6. The lowest BCUT2D eigenvalue weighted by molar-refractivity contribution is -0.146. The van der Waals surface area contributed by atoms with E-state index in [-0.39, 0.29) is 33.9 Å². The maximum atomic E-state index is 14.9. The van der Waals surface area contributed by atoms with Crippen molar-refractivity contribution in [3.05, 3.63) is 145 Å². The molecule has 4 atom stereocenters. The maximum absolute atomic E-state index is 14.9. The molecule has 0 radical (unpaired) electrons. The van der Waals surface area contributed by atoms with E-state index < -0.39 is 30.7 Å². The quantitative estimate of drug-likeness (QED) is 0.0979. The summed E-state index contributed by atoms with van der Waals surface area (Å²) in [5.41, 5.74) is -0.0421. The Kier molecular flexibility index (Phi) is 13.0. The van der Waals surface area contributed by atoms with Gasteiger partial charge in [0.05, 0.1) is 26.9 Å². The van der Waals surface area contributed by atoms with Crippen LogP contribution in [0.2, 0.25) is 29.7 Å². The van der Waals surface area contributed by atoms with Gasteiger partial charge in [-0.15, -0.1) is 0 Å². The summed E-state index contributed by atoms with van der Waals surface area (Å²) in [6, 6.07) is 49.3. The monoisotopic (exact) mass is 885 g/mol. The summed E-state index contributed by atoms with van der Waals surface area (Å²) in [6.45, 7) is 21.4. The number of hydrogen-bond acceptors (Lipinski definition) is 6. The molecule has 0 bridgehead atoms. The second kappa shape index (κ2) is 17.7. The van der Waals surface area contributed by atoms with E-state index in [1.165, 1.54) is 20.7 Å². The van der Waals surface area contributed by atoms with Crippen LogP contribution in [0, 0.1) is 11.8 Å². The second-order valence-electron chi connectivity index (χ2n) is 20.2. The Morgan fingerprint density at radius 2 is 1.11 bits per heavy atom. The number of nitrogens with zero attached hydrogens (tertiary/aromatic N) is 1. The molecular weight excluding hydrogens is 819 g/mol. The summed E-state index contributed by atoms with van der Waals surface area (Å²) in [4.78, 5) is 16.9. The van der Waals surface area contributed by atoms with Crippen LogP contribution in [-0.2, 0) is 24.6 Å². The van der Waals surface area contributed by atoms with Gasteiger partial charge in [-0.05, 0) is 62.6 Å². The van der Waals surface area contributed by atoms with E-state index in [1.54, 1.807) is 14.2 Å². The van der Waals surface area contributed by atoms with Crippen molar-refractivity contribution in [2.75, 3.05) is 20.8 Å². The zero-order chi connectivity index (χ0) is 44.6. The maximum Gasteiger partial charge on any atom is 0.261 e. The van der Waals surface area contributed by atoms with Crippen molar-refractivity contribution in [1.82, 2.24) is 4.90 Å². The number of ether oxygens (including phenoxy) is 2. The van der Waals surface area contributed by atoms with Gasteiger partial charge in [-0.2, -0.15) is 0 Å². The first-order chi connectivity index (χ1) is 29.4. The van der Waals surface area contributed by atoms with Gasteiger partial charge in [-0.1, -0.05) is 163 Å². The van der Waals surface area contributed by atoms with Crippen molar-refractivity contribution in [1.29, 1.82) is 0 Å². The van der Waals surface area contributed by atoms with Crippen LogP contribution in [0.25, 0.3) is 0 Å². The molecule has 1 aliphatic heterocycles. The first-order valence-electron chi connectivity index (χ1n) is 22.2. The van der Waals surface area contributed by atoms with Gasteiger partial charge in [0.1, 0.15) is 17.2 Å². The highest BCUT2D eigenvalue weighted by atomic mass is 28.4. The summed E-state index contributed by atoms with van der Waals surface area (Å²) in [5, 5.41) is 4.38. The number of fused-ring (bicyclic) bond motifs is 1. The van der Waals surface area contributed by atoms with Crippen LogP contribution in [0.4, 0.5) is 0 Å². The van der Waals surface area contributed by atoms with E-state index in [9.17, 15) is 4.79 Å². The topological polar surface area (TPSA) is 66.5 Å². The first-order valence-corrected chi connectivity index (χ1v) is 29.4. The van der Waals surface area contributed by atoms with Crippen LogP contribution in [0.5, 0.6) is 11.5 Å². The van der Waals surface area contributed by atoms with Crippen molar-refractivity contribution >= 4 is 51.6 Å². The van der Waals surface area contributed by atoms with Crippen LogP contribution in [0.3, 0.4) is 0 Å². The number of carbonyl (C=O) groups excluding carboxylic acids is 1. The van der Waals surface area contributed by atoms with Gasteiger partial charge < -0.3 is 27.7 Å². The fraction of sp³-hybridized carbons (Fsp3) is 0.404. The number of carbonyl (C=O) groups is 1. The van der Waals surface area contributed by atoms with Crippen molar-refractivity contribution in [3.63, 3.8) is 0 Å². The van der Waals surface area contributed by atoms with Crippen LogP contribution < -0.4 is 30.2 Å². The number of likely N-dealkylation sites (tertiary alicyclic amines) is 1. The molecule has 62 heavy (non-hydrogen) atoms. The highest BCUT2D eigenvalue weighted by molar-refractivity contribution is 7.00. The Balaban J connectivity index is 1.44. The molecule has 328 valence electrons. The molecule has 1 saturated carbocycles. The average Bonchev–Trinajstić information content (AvgIpc) is 3.66. The van der Waals surface area contributed by atoms with Gasteiger partial charge in [-0.25, -0.2) is 0 Å². The Morgan fingerprint density at radius 1 is 0.645 bits per heavy atom. The highest BCUT2D eigenvalue weighted by Gasteiger charge is 2.67.